The molecule has 5 rings (SSSR count). The zero-order valence-electron chi connectivity index (χ0n) is 20.2. The van der Waals surface area contributed by atoms with Crippen LogP contribution in [0.4, 0.5) is 0 Å². The normalized spacial score (nSPS) is 17.6. The summed E-state index contributed by atoms with van der Waals surface area (Å²) in [6, 6.07) is 4.75. The first-order valence-corrected chi connectivity index (χ1v) is 12.9. The second kappa shape index (κ2) is 9.93. The molecule has 1 amide bonds. The van der Waals surface area contributed by atoms with Gasteiger partial charge in [0, 0.05) is 60.8 Å². The van der Waals surface area contributed by atoms with Crippen molar-refractivity contribution in [2.45, 2.75) is 52.2 Å². The lowest BCUT2D eigenvalue weighted by molar-refractivity contribution is 0.0569. The number of rotatable bonds is 6. The maximum atomic E-state index is 13.5. The van der Waals surface area contributed by atoms with Crippen molar-refractivity contribution in [2.24, 2.45) is 0 Å². The molecule has 0 unspecified atom stereocenters. The van der Waals surface area contributed by atoms with E-state index in [1.165, 1.54) is 35.4 Å². The Labute approximate surface area is 204 Å². The van der Waals surface area contributed by atoms with E-state index in [2.05, 4.69) is 34.9 Å². The van der Waals surface area contributed by atoms with E-state index in [0.717, 1.165) is 37.4 Å². The first-order chi connectivity index (χ1) is 16.5. The molecule has 3 aromatic heterocycles. The van der Waals surface area contributed by atoms with Gasteiger partial charge in [-0.3, -0.25) is 9.69 Å². The highest BCUT2D eigenvalue weighted by molar-refractivity contribution is 7.12. The summed E-state index contributed by atoms with van der Waals surface area (Å²) in [4.78, 5) is 29.7. The molecule has 4 heterocycles. The molecule has 0 aromatic carbocycles. The first-order valence-electron chi connectivity index (χ1n) is 12.0. The summed E-state index contributed by atoms with van der Waals surface area (Å²) < 4.78 is 7.10. The number of hydrogen-bond donors (Lipinski definition) is 0. The lowest BCUT2D eigenvalue weighted by Gasteiger charge is -2.38. The molecule has 34 heavy (non-hydrogen) atoms. The molecular formula is C25H32N6O2S. The molecule has 1 aliphatic carbocycles. The third kappa shape index (κ3) is 4.52. The molecule has 3 aromatic rings. The number of methoxy groups -OCH3 is 1. The van der Waals surface area contributed by atoms with Gasteiger partial charge >= 0.3 is 0 Å². The van der Waals surface area contributed by atoms with Crippen molar-refractivity contribution in [3.05, 3.63) is 45.5 Å². The summed E-state index contributed by atoms with van der Waals surface area (Å²) in [5, 5.41) is 4.52. The number of piperazine rings is 1. The quantitative estimate of drug-likeness (QED) is 0.533. The van der Waals surface area contributed by atoms with Crippen LogP contribution in [0.5, 0.6) is 0 Å². The van der Waals surface area contributed by atoms with Crippen molar-refractivity contribution < 1.29 is 9.53 Å². The molecule has 1 saturated carbocycles. The fourth-order valence-electron chi connectivity index (χ4n) is 5.22. The van der Waals surface area contributed by atoms with E-state index in [1.54, 1.807) is 35.5 Å². The Bertz CT molecular complexity index is 1160. The van der Waals surface area contributed by atoms with Gasteiger partial charge in [-0.25, -0.2) is 9.97 Å². The van der Waals surface area contributed by atoms with Crippen LogP contribution >= 0.6 is 11.3 Å². The van der Waals surface area contributed by atoms with Crippen LogP contribution in [0.1, 0.15) is 51.5 Å². The van der Waals surface area contributed by atoms with Crippen LogP contribution in [0.3, 0.4) is 0 Å². The van der Waals surface area contributed by atoms with E-state index in [4.69, 9.17) is 9.72 Å². The maximum Gasteiger partial charge on any atom is 0.257 e. The zero-order chi connectivity index (χ0) is 23.7. The number of thiophene rings is 1. The Kier molecular flexibility index (Phi) is 6.76. The van der Waals surface area contributed by atoms with Crippen LogP contribution in [-0.4, -0.2) is 74.8 Å². The third-order valence-electron chi connectivity index (χ3n) is 6.97. The molecule has 0 spiro atoms. The van der Waals surface area contributed by atoms with E-state index < -0.39 is 0 Å². The minimum atomic E-state index is 0.00447. The summed E-state index contributed by atoms with van der Waals surface area (Å²) in [6.07, 6.45) is 8.63. The van der Waals surface area contributed by atoms with Gasteiger partial charge < -0.3 is 9.64 Å². The largest absolute Gasteiger partial charge is 0.378 e. The van der Waals surface area contributed by atoms with E-state index in [9.17, 15) is 4.79 Å². The predicted octanol–water partition coefficient (Wildman–Crippen LogP) is 3.85. The Morgan fingerprint density at radius 3 is 2.62 bits per heavy atom. The molecule has 1 aliphatic heterocycles. The van der Waals surface area contributed by atoms with E-state index in [0.29, 0.717) is 23.2 Å². The molecule has 180 valence electrons. The van der Waals surface area contributed by atoms with Gasteiger partial charge in [-0.1, -0.05) is 12.8 Å². The highest BCUT2D eigenvalue weighted by atomic mass is 32.1. The number of ether oxygens (including phenoxy) is 1. The molecule has 0 radical (unpaired) electrons. The Hall–Kier alpha value is -2.62. The van der Waals surface area contributed by atoms with Crippen molar-refractivity contribution in [3.8, 4) is 17.2 Å². The highest BCUT2D eigenvalue weighted by Crippen LogP contribution is 2.30. The predicted molar refractivity (Wildman–Crippen MR) is 132 cm³/mol. The van der Waals surface area contributed by atoms with E-state index in [1.807, 2.05) is 11.0 Å². The minimum Gasteiger partial charge on any atom is -0.378 e. The van der Waals surface area contributed by atoms with Crippen LogP contribution in [0.2, 0.25) is 0 Å². The molecule has 2 fully saturated rings. The number of carbonyl (C=O) groups excluding carboxylic acids is 1. The summed E-state index contributed by atoms with van der Waals surface area (Å²) in [7, 11) is 1.63. The maximum absolute atomic E-state index is 13.5. The van der Waals surface area contributed by atoms with Gasteiger partial charge in [0.2, 0.25) is 0 Å². The monoisotopic (exact) mass is 480 g/mol. The second-order valence-electron chi connectivity index (χ2n) is 9.18. The fourth-order valence-corrected chi connectivity index (χ4v) is 6.15. The van der Waals surface area contributed by atoms with Gasteiger partial charge in [0.05, 0.1) is 29.8 Å². The van der Waals surface area contributed by atoms with Crippen LogP contribution in [0.15, 0.2) is 24.5 Å². The molecule has 8 nitrogen and oxygen atoms in total. The summed E-state index contributed by atoms with van der Waals surface area (Å²) >= 11 is 1.75. The van der Waals surface area contributed by atoms with Gasteiger partial charge in [0.25, 0.3) is 11.9 Å². The van der Waals surface area contributed by atoms with Gasteiger partial charge in [-0.15, -0.1) is 11.3 Å². The summed E-state index contributed by atoms with van der Waals surface area (Å²) in [6.45, 7) is 7.82. The molecule has 0 N–H and O–H groups in total. The van der Waals surface area contributed by atoms with Crippen molar-refractivity contribution in [2.75, 3.05) is 33.3 Å². The third-order valence-corrected chi connectivity index (χ3v) is 7.94. The zero-order valence-corrected chi connectivity index (χ0v) is 21.0. The van der Waals surface area contributed by atoms with Crippen molar-refractivity contribution in [3.63, 3.8) is 0 Å². The Balaban J connectivity index is 1.38. The number of amides is 1. The van der Waals surface area contributed by atoms with Crippen LogP contribution in [0.25, 0.3) is 17.2 Å². The molecule has 9 heteroatoms. The lowest BCUT2D eigenvalue weighted by Crippen LogP contribution is -2.51. The molecular weight excluding hydrogens is 448 g/mol. The SMILES string of the molecule is COCc1c(C(=O)N2CCN(C3CCCC3)CC2)cnn1-c1nccc(-c2cc(C)sc2C)n1. The number of carbonyl (C=O) groups is 1. The average molecular weight is 481 g/mol. The second-order valence-corrected chi connectivity index (χ2v) is 10.6. The fraction of sp³-hybridized carbons (Fsp3) is 0.520. The first kappa shape index (κ1) is 23.1. The highest BCUT2D eigenvalue weighted by Gasteiger charge is 2.30. The number of aryl methyl sites for hydroxylation is 2. The Morgan fingerprint density at radius 2 is 1.94 bits per heavy atom. The minimum absolute atomic E-state index is 0.00447. The van der Waals surface area contributed by atoms with Crippen LogP contribution in [-0.2, 0) is 11.3 Å². The lowest BCUT2D eigenvalue weighted by atomic mass is 10.1. The van der Waals surface area contributed by atoms with Gasteiger partial charge in [0.15, 0.2) is 0 Å². The average Bonchev–Trinajstić information content (AvgIpc) is 3.60. The number of nitrogens with zero attached hydrogens (tertiary/aromatic N) is 6. The number of aromatic nitrogens is 4. The molecule has 2 aliphatic rings. The van der Waals surface area contributed by atoms with Crippen LogP contribution in [0, 0.1) is 13.8 Å². The standard InChI is InChI=1S/C25H32N6O2S/c1-17-14-20(18(2)34-17)22-8-9-26-25(28-22)31-23(16-33-3)21(15-27-31)24(32)30-12-10-29(11-13-30)19-6-4-5-7-19/h8-9,14-15,19H,4-7,10-13,16H2,1-3H3. The Morgan fingerprint density at radius 1 is 1.18 bits per heavy atom. The van der Waals surface area contributed by atoms with Gasteiger partial charge in [0.1, 0.15) is 0 Å². The van der Waals surface area contributed by atoms with Crippen LogP contribution < -0.4 is 0 Å². The van der Waals surface area contributed by atoms with Gasteiger partial charge in [-0.05, 0) is 38.8 Å². The van der Waals surface area contributed by atoms with Crippen molar-refractivity contribution in [1.29, 1.82) is 0 Å². The smallest absolute Gasteiger partial charge is 0.257 e. The topological polar surface area (TPSA) is 76.4 Å². The summed E-state index contributed by atoms with van der Waals surface area (Å²) in [5.74, 6) is 0.447. The number of hydrogen-bond acceptors (Lipinski definition) is 7. The van der Waals surface area contributed by atoms with E-state index in [-0.39, 0.29) is 12.5 Å². The molecule has 1 saturated heterocycles. The molecule has 0 atom stereocenters. The van der Waals surface area contributed by atoms with Gasteiger partial charge in [-0.2, -0.15) is 9.78 Å². The molecule has 0 bridgehead atoms. The van der Waals surface area contributed by atoms with Crippen molar-refractivity contribution in [1.82, 2.24) is 29.5 Å². The van der Waals surface area contributed by atoms with E-state index >= 15 is 0 Å². The summed E-state index contributed by atoms with van der Waals surface area (Å²) in [5.41, 5.74) is 3.19. The van der Waals surface area contributed by atoms with Crippen molar-refractivity contribution >= 4 is 17.2 Å².